The second-order valence-corrected chi connectivity index (χ2v) is 3.72. The first kappa shape index (κ1) is 3.64. The van der Waals surface area contributed by atoms with Crippen molar-refractivity contribution in [3.05, 3.63) is 0 Å². The van der Waals surface area contributed by atoms with E-state index < -0.39 is 0 Å². The standard InChI is InChI=1S/C3H5NTe/c1-2-5-3-4-1/h1H,2-3H2. The van der Waals surface area contributed by atoms with E-state index >= 15 is 0 Å². The van der Waals surface area contributed by atoms with Crippen LogP contribution in [0, 0.1) is 0 Å². The molecule has 0 aromatic rings. The molecule has 0 bridgehead atoms. The molecule has 28 valence electrons. The molecule has 1 aliphatic heterocycles. The van der Waals surface area contributed by atoms with Gasteiger partial charge in [0.15, 0.2) is 0 Å². The number of aliphatic imine (C=N–C) groups is 1. The molecular formula is C3H5NTe. The van der Waals surface area contributed by atoms with Crippen molar-refractivity contribution in [3.63, 3.8) is 0 Å². The van der Waals surface area contributed by atoms with Crippen molar-refractivity contribution in [3.8, 4) is 0 Å². The van der Waals surface area contributed by atoms with Crippen LogP contribution in [0.5, 0.6) is 0 Å². The molecule has 0 unspecified atom stereocenters. The van der Waals surface area contributed by atoms with Crippen LogP contribution in [0.2, 0.25) is 4.47 Å². The summed E-state index contributed by atoms with van der Waals surface area (Å²) in [6, 6.07) is 0. The van der Waals surface area contributed by atoms with E-state index in [9.17, 15) is 0 Å². The Morgan fingerprint density at radius 1 is 1.80 bits per heavy atom. The van der Waals surface area contributed by atoms with E-state index in [1.54, 1.807) is 0 Å². The van der Waals surface area contributed by atoms with Crippen LogP contribution >= 0.6 is 0 Å². The summed E-state index contributed by atoms with van der Waals surface area (Å²) >= 11 is 0.382. The molecule has 1 heterocycles. The van der Waals surface area contributed by atoms with Crippen molar-refractivity contribution in [2.45, 2.75) is 4.47 Å². The van der Waals surface area contributed by atoms with E-state index in [0.717, 1.165) is 0 Å². The van der Waals surface area contributed by atoms with Gasteiger partial charge in [0, 0.05) is 0 Å². The molecule has 0 spiro atoms. The molecule has 5 heavy (non-hydrogen) atoms. The third-order valence-corrected chi connectivity index (χ3v) is 2.53. The molecule has 1 nitrogen and oxygen atoms in total. The van der Waals surface area contributed by atoms with E-state index in [1.165, 1.54) is 9.06 Å². The fourth-order valence-electron chi connectivity index (χ4n) is 0.264. The maximum atomic E-state index is 4.02. The average molecular weight is 183 g/mol. The fraction of sp³-hybridized carbons (Fsp3) is 0.667. The molecule has 0 atom stereocenters. The number of nitrogens with zero attached hydrogens (tertiary/aromatic N) is 1. The third-order valence-electron chi connectivity index (χ3n) is 0.487. The summed E-state index contributed by atoms with van der Waals surface area (Å²) in [7, 11) is 0. The first-order chi connectivity index (χ1) is 2.50. The van der Waals surface area contributed by atoms with Gasteiger partial charge in [0.05, 0.1) is 0 Å². The molecular weight excluding hydrogens is 178 g/mol. The zero-order valence-corrected chi connectivity index (χ0v) is 5.18. The molecule has 0 N–H and O–H groups in total. The van der Waals surface area contributed by atoms with Crippen LogP contribution in [-0.4, -0.2) is 31.7 Å². The normalized spacial score (nSPS) is 20.8. The Kier molecular flexibility index (Phi) is 1.30. The Hall–Kier alpha value is 0.460. The van der Waals surface area contributed by atoms with Gasteiger partial charge in [0.25, 0.3) is 0 Å². The molecule has 0 amide bonds. The van der Waals surface area contributed by atoms with Crippen molar-refractivity contribution in [1.82, 2.24) is 0 Å². The van der Waals surface area contributed by atoms with Gasteiger partial charge < -0.3 is 0 Å². The maximum absolute atomic E-state index is 4.02. The summed E-state index contributed by atoms with van der Waals surface area (Å²) in [4.78, 5) is 4.02. The molecule has 0 aromatic carbocycles. The first-order valence-corrected chi connectivity index (χ1v) is 4.86. The summed E-state index contributed by atoms with van der Waals surface area (Å²) in [6.07, 6.45) is 2.04. The predicted octanol–water partition coefficient (Wildman–Crippen LogP) is 0.151. The van der Waals surface area contributed by atoms with E-state index in [4.69, 9.17) is 0 Å². The van der Waals surface area contributed by atoms with Crippen LogP contribution in [-0.2, 0) is 0 Å². The first-order valence-electron chi connectivity index (χ1n) is 1.56. The Labute approximate surface area is 41.6 Å². The zero-order valence-electron chi connectivity index (χ0n) is 2.85. The fourth-order valence-corrected chi connectivity index (χ4v) is 1.77. The van der Waals surface area contributed by atoms with E-state index in [-0.39, 0.29) is 0 Å². The Balaban J connectivity index is 2.32. The molecule has 0 radical (unpaired) electrons. The summed E-state index contributed by atoms with van der Waals surface area (Å²) in [5.41, 5.74) is 0. The van der Waals surface area contributed by atoms with Gasteiger partial charge in [0.1, 0.15) is 0 Å². The molecule has 1 aliphatic rings. The average Bonchev–Trinajstić information content (AvgIpc) is 1.76. The molecule has 1 rings (SSSR count). The monoisotopic (exact) mass is 185 g/mol. The third kappa shape index (κ3) is 0.905. The van der Waals surface area contributed by atoms with Gasteiger partial charge in [-0.05, 0) is 0 Å². The van der Waals surface area contributed by atoms with Gasteiger partial charge in [-0.1, -0.05) is 0 Å². The molecule has 0 aromatic heterocycles. The van der Waals surface area contributed by atoms with Crippen LogP contribution in [0.4, 0.5) is 0 Å². The number of rotatable bonds is 0. The van der Waals surface area contributed by atoms with Crippen LogP contribution < -0.4 is 0 Å². The van der Waals surface area contributed by atoms with E-state index in [1.807, 2.05) is 6.21 Å². The summed E-state index contributed by atoms with van der Waals surface area (Å²) in [6.45, 7) is 0. The van der Waals surface area contributed by atoms with Crippen molar-refractivity contribution in [1.29, 1.82) is 0 Å². The Bertz CT molecular complexity index is 44.9. The minimum absolute atomic E-state index is 0.382. The topological polar surface area (TPSA) is 12.4 Å². The predicted molar refractivity (Wildman–Crippen MR) is 23.9 cm³/mol. The van der Waals surface area contributed by atoms with Crippen LogP contribution in [0.25, 0.3) is 0 Å². The van der Waals surface area contributed by atoms with Gasteiger partial charge in [-0.3, -0.25) is 0 Å². The summed E-state index contributed by atoms with van der Waals surface area (Å²) in [5, 5.41) is 0. The van der Waals surface area contributed by atoms with Gasteiger partial charge in [-0.2, -0.15) is 0 Å². The SMILES string of the molecule is C1=NC[Te]C1. The number of hydrogen-bond acceptors (Lipinski definition) is 1. The summed E-state index contributed by atoms with van der Waals surface area (Å²) < 4.78 is 2.54. The van der Waals surface area contributed by atoms with Gasteiger partial charge in [-0.25, -0.2) is 0 Å². The van der Waals surface area contributed by atoms with E-state index in [0.29, 0.717) is 20.9 Å². The van der Waals surface area contributed by atoms with Gasteiger partial charge >= 0.3 is 41.2 Å². The molecule has 0 fully saturated rings. The quantitative estimate of drug-likeness (QED) is 0.473. The molecule has 0 saturated heterocycles. The molecule has 2 heteroatoms. The number of hydrogen-bond donors (Lipinski definition) is 0. The second kappa shape index (κ2) is 1.79. The zero-order chi connectivity index (χ0) is 3.54. The summed E-state index contributed by atoms with van der Waals surface area (Å²) in [5.74, 6) is 0. The van der Waals surface area contributed by atoms with Crippen molar-refractivity contribution in [2.24, 2.45) is 4.99 Å². The minimum atomic E-state index is 0.382. The van der Waals surface area contributed by atoms with Crippen molar-refractivity contribution < 1.29 is 0 Å². The van der Waals surface area contributed by atoms with Crippen LogP contribution in [0.15, 0.2) is 4.99 Å². The molecule has 0 aliphatic carbocycles. The van der Waals surface area contributed by atoms with Crippen molar-refractivity contribution in [2.75, 3.05) is 4.59 Å². The van der Waals surface area contributed by atoms with Gasteiger partial charge in [0.2, 0.25) is 0 Å². The Morgan fingerprint density at radius 3 is 3.00 bits per heavy atom. The van der Waals surface area contributed by atoms with E-state index in [2.05, 4.69) is 4.99 Å². The van der Waals surface area contributed by atoms with Crippen molar-refractivity contribution >= 4 is 27.1 Å². The second-order valence-electron chi connectivity index (χ2n) is 0.865. The van der Waals surface area contributed by atoms with Gasteiger partial charge in [-0.15, -0.1) is 0 Å². The molecule has 0 saturated carbocycles. The Morgan fingerprint density at radius 2 is 2.80 bits per heavy atom. The van der Waals surface area contributed by atoms with Crippen LogP contribution in [0.1, 0.15) is 0 Å². The van der Waals surface area contributed by atoms with Crippen LogP contribution in [0.3, 0.4) is 0 Å².